The Morgan fingerprint density at radius 2 is 2.45 bits per heavy atom. The maximum Gasteiger partial charge on any atom is 0.218 e. The van der Waals surface area contributed by atoms with Gasteiger partial charge in [-0.15, -0.1) is 0 Å². The summed E-state index contributed by atoms with van der Waals surface area (Å²) in [4.78, 5) is 4.07. The summed E-state index contributed by atoms with van der Waals surface area (Å²) in [7, 11) is 0. The Kier molecular flexibility index (Phi) is 1.24. The van der Waals surface area contributed by atoms with Crippen LogP contribution >= 0.6 is 0 Å². The number of hydrogen-bond donors (Lipinski definition) is 1. The van der Waals surface area contributed by atoms with Crippen molar-refractivity contribution in [2.75, 3.05) is 12.3 Å². The van der Waals surface area contributed by atoms with Crippen LogP contribution in [0.1, 0.15) is 11.1 Å². The Hall–Kier alpha value is -1.25. The predicted octanol–water partition coefficient (Wildman–Crippen LogP) is 0.907. The van der Waals surface area contributed by atoms with Gasteiger partial charge in [0.1, 0.15) is 5.82 Å². The monoisotopic (exact) mass is 150 g/mol. The summed E-state index contributed by atoms with van der Waals surface area (Å²) in [5, 5.41) is 0. The van der Waals surface area contributed by atoms with Crippen LogP contribution in [0, 0.1) is 6.92 Å². The van der Waals surface area contributed by atoms with Gasteiger partial charge in [0.15, 0.2) is 0 Å². The van der Waals surface area contributed by atoms with Gasteiger partial charge in [-0.2, -0.15) is 4.98 Å². The Bertz CT molecular complexity index is 296. The van der Waals surface area contributed by atoms with Gasteiger partial charge in [-0.3, -0.25) is 0 Å². The second-order valence-corrected chi connectivity index (χ2v) is 2.75. The average molecular weight is 150 g/mol. The molecule has 2 rings (SSSR count). The lowest BCUT2D eigenvalue weighted by Crippen LogP contribution is -1.94. The molecule has 0 fully saturated rings. The lowest BCUT2D eigenvalue weighted by molar-refractivity contribution is 0.345. The molecule has 2 N–H and O–H groups in total. The fourth-order valence-electron chi connectivity index (χ4n) is 1.37. The summed E-state index contributed by atoms with van der Waals surface area (Å²) >= 11 is 0. The first-order valence-electron chi connectivity index (χ1n) is 3.66. The van der Waals surface area contributed by atoms with E-state index in [2.05, 4.69) is 4.98 Å². The van der Waals surface area contributed by atoms with E-state index < -0.39 is 0 Å². The Morgan fingerprint density at radius 3 is 3.27 bits per heavy atom. The highest BCUT2D eigenvalue weighted by Crippen LogP contribution is 2.26. The van der Waals surface area contributed by atoms with E-state index in [9.17, 15) is 0 Å². The van der Waals surface area contributed by atoms with Gasteiger partial charge in [-0.1, -0.05) is 0 Å². The summed E-state index contributed by atoms with van der Waals surface area (Å²) in [5.41, 5.74) is 7.93. The molecule has 0 saturated heterocycles. The van der Waals surface area contributed by atoms with Crippen LogP contribution in [-0.2, 0) is 6.42 Å². The number of nitrogen functional groups attached to an aromatic ring is 1. The molecule has 3 heteroatoms. The molecule has 0 amide bonds. The molecule has 0 aliphatic carbocycles. The number of anilines is 1. The van der Waals surface area contributed by atoms with Crippen LogP contribution in [-0.4, -0.2) is 11.6 Å². The molecule has 0 aromatic carbocycles. The van der Waals surface area contributed by atoms with Gasteiger partial charge in [0, 0.05) is 12.0 Å². The highest BCUT2D eigenvalue weighted by molar-refractivity contribution is 5.45. The molecule has 3 nitrogen and oxygen atoms in total. The zero-order valence-corrected chi connectivity index (χ0v) is 6.42. The number of ether oxygens (including phenoxy) is 1. The molecule has 0 unspecified atom stereocenters. The van der Waals surface area contributed by atoms with Gasteiger partial charge in [0.25, 0.3) is 0 Å². The van der Waals surface area contributed by atoms with Crippen molar-refractivity contribution in [2.45, 2.75) is 13.3 Å². The quantitative estimate of drug-likeness (QED) is 0.598. The van der Waals surface area contributed by atoms with Gasteiger partial charge in [-0.05, 0) is 18.6 Å². The predicted molar refractivity (Wildman–Crippen MR) is 42.6 cm³/mol. The van der Waals surface area contributed by atoms with E-state index in [0.29, 0.717) is 5.82 Å². The molecule has 2 heterocycles. The number of nitrogens with zero attached hydrogens (tertiary/aromatic N) is 1. The number of rotatable bonds is 0. The Balaban J connectivity index is 2.60. The van der Waals surface area contributed by atoms with Crippen LogP contribution in [0.5, 0.6) is 5.88 Å². The Morgan fingerprint density at radius 1 is 1.64 bits per heavy atom. The highest BCUT2D eigenvalue weighted by atomic mass is 16.5. The molecule has 0 saturated carbocycles. The zero-order valence-electron chi connectivity index (χ0n) is 6.42. The van der Waals surface area contributed by atoms with E-state index >= 15 is 0 Å². The van der Waals surface area contributed by atoms with Crippen LogP contribution in [0.3, 0.4) is 0 Å². The standard InChI is InChI=1S/C8H10N2O/c1-5-4-7(9)10-8-6(5)2-3-11-8/h4H,2-3H2,1H3,(H2,9,10). The average Bonchev–Trinajstić information content (AvgIpc) is 2.34. The van der Waals surface area contributed by atoms with Crippen molar-refractivity contribution in [1.82, 2.24) is 4.98 Å². The summed E-state index contributed by atoms with van der Waals surface area (Å²) in [6.45, 7) is 2.78. The van der Waals surface area contributed by atoms with Crippen LogP contribution < -0.4 is 10.5 Å². The van der Waals surface area contributed by atoms with E-state index in [4.69, 9.17) is 10.5 Å². The van der Waals surface area contributed by atoms with E-state index in [-0.39, 0.29) is 0 Å². The highest BCUT2D eigenvalue weighted by Gasteiger charge is 2.15. The van der Waals surface area contributed by atoms with E-state index in [0.717, 1.165) is 18.9 Å². The van der Waals surface area contributed by atoms with Crippen molar-refractivity contribution < 1.29 is 4.74 Å². The van der Waals surface area contributed by atoms with Crippen molar-refractivity contribution in [2.24, 2.45) is 0 Å². The van der Waals surface area contributed by atoms with E-state index in [1.807, 2.05) is 13.0 Å². The number of hydrogen-bond acceptors (Lipinski definition) is 3. The lowest BCUT2D eigenvalue weighted by atomic mass is 10.1. The smallest absolute Gasteiger partial charge is 0.218 e. The third kappa shape index (κ3) is 0.926. The Labute approximate surface area is 65.2 Å². The van der Waals surface area contributed by atoms with Crippen molar-refractivity contribution in [3.8, 4) is 5.88 Å². The van der Waals surface area contributed by atoms with Gasteiger partial charge in [-0.25, -0.2) is 0 Å². The normalized spacial score (nSPS) is 14.3. The van der Waals surface area contributed by atoms with E-state index in [1.54, 1.807) is 0 Å². The van der Waals surface area contributed by atoms with Crippen molar-refractivity contribution in [3.05, 3.63) is 17.2 Å². The SMILES string of the molecule is Cc1cc(N)nc2c1CCO2. The zero-order chi connectivity index (χ0) is 7.84. The fourth-order valence-corrected chi connectivity index (χ4v) is 1.37. The van der Waals surface area contributed by atoms with Crippen molar-refractivity contribution >= 4 is 5.82 Å². The number of pyridine rings is 1. The summed E-state index contributed by atoms with van der Waals surface area (Å²) in [6.07, 6.45) is 0.967. The number of aromatic nitrogens is 1. The van der Waals surface area contributed by atoms with Gasteiger partial charge >= 0.3 is 0 Å². The minimum Gasteiger partial charge on any atom is -0.477 e. The molecule has 0 bridgehead atoms. The molecule has 0 spiro atoms. The minimum atomic E-state index is 0.545. The van der Waals surface area contributed by atoms with Crippen LogP contribution in [0.2, 0.25) is 0 Å². The van der Waals surface area contributed by atoms with Crippen LogP contribution in [0.4, 0.5) is 5.82 Å². The summed E-state index contributed by atoms with van der Waals surface area (Å²) in [6, 6.07) is 1.88. The first-order chi connectivity index (χ1) is 5.27. The number of fused-ring (bicyclic) bond motifs is 1. The third-order valence-corrected chi connectivity index (χ3v) is 1.92. The molecule has 1 aliphatic rings. The van der Waals surface area contributed by atoms with Crippen LogP contribution in [0.15, 0.2) is 6.07 Å². The van der Waals surface area contributed by atoms with Gasteiger partial charge in [0.05, 0.1) is 6.61 Å². The largest absolute Gasteiger partial charge is 0.477 e. The first kappa shape index (κ1) is 6.46. The minimum absolute atomic E-state index is 0.545. The van der Waals surface area contributed by atoms with Crippen molar-refractivity contribution in [3.63, 3.8) is 0 Å². The van der Waals surface area contributed by atoms with Gasteiger partial charge < -0.3 is 10.5 Å². The van der Waals surface area contributed by atoms with Crippen molar-refractivity contribution in [1.29, 1.82) is 0 Å². The number of aryl methyl sites for hydroxylation is 1. The molecule has 0 radical (unpaired) electrons. The van der Waals surface area contributed by atoms with Crippen LogP contribution in [0.25, 0.3) is 0 Å². The molecule has 1 aliphatic heterocycles. The molecule has 1 aromatic rings. The summed E-state index contributed by atoms with van der Waals surface area (Å²) in [5.74, 6) is 1.27. The molecular weight excluding hydrogens is 140 g/mol. The first-order valence-corrected chi connectivity index (χ1v) is 3.66. The van der Waals surface area contributed by atoms with E-state index in [1.165, 1.54) is 11.1 Å². The maximum absolute atomic E-state index is 5.54. The molecule has 58 valence electrons. The van der Waals surface area contributed by atoms with Gasteiger partial charge in [0.2, 0.25) is 5.88 Å². The topological polar surface area (TPSA) is 48.1 Å². The third-order valence-electron chi connectivity index (χ3n) is 1.92. The number of nitrogens with two attached hydrogens (primary N) is 1. The second kappa shape index (κ2) is 2.12. The maximum atomic E-state index is 5.54. The molecule has 0 atom stereocenters. The fraction of sp³-hybridized carbons (Fsp3) is 0.375. The second-order valence-electron chi connectivity index (χ2n) is 2.75. The lowest BCUT2D eigenvalue weighted by Gasteiger charge is -2.01. The summed E-state index contributed by atoms with van der Waals surface area (Å²) < 4.78 is 5.27. The molecule has 1 aromatic heterocycles. The molecule has 11 heavy (non-hydrogen) atoms. The molecular formula is C8H10N2O.